The topological polar surface area (TPSA) is 47.3 Å². The van der Waals surface area contributed by atoms with E-state index in [-0.39, 0.29) is 12.6 Å². The van der Waals surface area contributed by atoms with Crippen molar-refractivity contribution in [3.8, 4) is 6.07 Å². The van der Waals surface area contributed by atoms with E-state index in [4.69, 9.17) is 10.4 Å². The number of nitrogens with zero attached hydrogens (tertiary/aromatic N) is 2. The van der Waals surface area contributed by atoms with Crippen LogP contribution >= 0.6 is 0 Å². The van der Waals surface area contributed by atoms with Gasteiger partial charge in [0.2, 0.25) is 0 Å². The van der Waals surface area contributed by atoms with E-state index >= 15 is 0 Å². The molecule has 0 bridgehead atoms. The number of aliphatic hydroxyl groups excluding tert-OH is 1. The van der Waals surface area contributed by atoms with Crippen LogP contribution in [0.2, 0.25) is 0 Å². The van der Waals surface area contributed by atoms with Crippen LogP contribution in [0.4, 0.5) is 0 Å². The van der Waals surface area contributed by atoms with Crippen LogP contribution < -0.4 is 0 Å². The zero-order chi connectivity index (χ0) is 12.5. The third kappa shape index (κ3) is 4.18. The molecule has 17 heavy (non-hydrogen) atoms. The van der Waals surface area contributed by atoms with Crippen molar-refractivity contribution in [1.29, 1.82) is 5.26 Å². The molecule has 0 aliphatic heterocycles. The third-order valence-electron chi connectivity index (χ3n) is 2.92. The van der Waals surface area contributed by atoms with E-state index in [1.54, 1.807) is 0 Å². The summed E-state index contributed by atoms with van der Waals surface area (Å²) in [6, 6.07) is 12.5. The minimum absolute atomic E-state index is 0.137. The van der Waals surface area contributed by atoms with Gasteiger partial charge in [-0.15, -0.1) is 0 Å². The second kappa shape index (κ2) is 7.83. The molecular formula is C14H20N2O. The molecule has 3 heteroatoms. The van der Waals surface area contributed by atoms with Crippen LogP contribution in [0.25, 0.3) is 0 Å². The Morgan fingerprint density at radius 2 is 2.06 bits per heavy atom. The largest absolute Gasteiger partial charge is 0.396 e. The SMILES string of the molecule is CCN(CCCO)C(CC#N)c1ccccc1. The van der Waals surface area contributed by atoms with E-state index in [0.29, 0.717) is 6.42 Å². The standard InChI is InChI=1S/C14H20N2O/c1-2-16(11-6-12-17)14(9-10-15)13-7-4-3-5-8-13/h3-5,7-8,14,17H,2,6,9,11-12H2,1H3. The molecule has 1 atom stereocenters. The maximum absolute atomic E-state index is 8.94. The predicted molar refractivity (Wildman–Crippen MR) is 68.4 cm³/mol. The molecule has 1 N–H and O–H groups in total. The molecule has 0 fully saturated rings. The van der Waals surface area contributed by atoms with Crippen molar-refractivity contribution in [2.75, 3.05) is 19.7 Å². The minimum Gasteiger partial charge on any atom is -0.396 e. The molecule has 0 amide bonds. The fraction of sp³-hybridized carbons (Fsp3) is 0.500. The monoisotopic (exact) mass is 232 g/mol. The Morgan fingerprint density at radius 3 is 2.59 bits per heavy atom. The second-order valence-corrected chi connectivity index (χ2v) is 3.99. The lowest BCUT2D eigenvalue weighted by Gasteiger charge is -2.29. The molecule has 0 aromatic heterocycles. The Bertz CT molecular complexity index is 345. The van der Waals surface area contributed by atoms with Gasteiger partial charge in [0.15, 0.2) is 0 Å². The number of hydrogen-bond donors (Lipinski definition) is 1. The molecule has 0 aliphatic carbocycles. The van der Waals surface area contributed by atoms with Crippen molar-refractivity contribution in [2.24, 2.45) is 0 Å². The summed E-state index contributed by atoms with van der Waals surface area (Å²) >= 11 is 0. The Labute approximate surface area is 103 Å². The van der Waals surface area contributed by atoms with Crippen molar-refractivity contribution in [3.63, 3.8) is 0 Å². The number of benzene rings is 1. The molecule has 0 spiro atoms. The average Bonchev–Trinajstić information content (AvgIpc) is 2.39. The summed E-state index contributed by atoms with van der Waals surface area (Å²) < 4.78 is 0. The van der Waals surface area contributed by atoms with Gasteiger partial charge in [-0.2, -0.15) is 5.26 Å². The van der Waals surface area contributed by atoms with E-state index in [2.05, 4.69) is 30.0 Å². The fourth-order valence-corrected chi connectivity index (χ4v) is 2.03. The van der Waals surface area contributed by atoms with E-state index < -0.39 is 0 Å². The van der Waals surface area contributed by atoms with Crippen LogP contribution in [-0.2, 0) is 0 Å². The number of hydrogen-bond acceptors (Lipinski definition) is 3. The van der Waals surface area contributed by atoms with Gasteiger partial charge < -0.3 is 5.11 Å². The first-order valence-corrected chi connectivity index (χ1v) is 6.10. The van der Waals surface area contributed by atoms with Crippen molar-refractivity contribution in [3.05, 3.63) is 35.9 Å². The minimum atomic E-state index is 0.137. The highest BCUT2D eigenvalue weighted by Crippen LogP contribution is 2.23. The lowest BCUT2D eigenvalue weighted by Crippen LogP contribution is -2.30. The van der Waals surface area contributed by atoms with Crippen molar-refractivity contribution in [1.82, 2.24) is 4.90 Å². The summed E-state index contributed by atoms with van der Waals surface area (Å²) in [7, 11) is 0. The number of aliphatic hydroxyl groups is 1. The molecule has 0 radical (unpaired) electrons. The zero-order valence-electron chi connectivity index (χ0n) is 10.3. The van der Waals surface area contributed by atoms with Gasteiger partial charge in [0.25, 0.3) is 0 Å². The van der Waals surface area contributed by atoms with E-state index in [1.807, 2.05) is 18.2 Å². The van der Waals surface area contributed by atoms with Crippen molar-refractivity contribution < 1.29 is 5.11 Å². The quantitative estimate of drug-likeness (QED) is 0.785. The summed E-state index contributed by atoms with van der Waals surface area (Å²) in [5.41, 5.74) is 1.17. The normalized spacial score (nSPS) is 12.4. The first-order valence-electron chi connectivity index (χ1n) is 6.10. The number of nitriles is 1. The molecular weight excluding hydrogens is 212 g/mol. The van der Waals surface area contributed by atoms with E-state index in [0.717, 1.165) is 19.5 Å². The smallest absolute Gasteiger partial charge is 0.0641 e. The average molecular weight is 232 g/mol. The molecule has 0 saturated heterocycles. The Balaban J connectivity index is 2.80. The van der Waals surface area contributed by atoms with E-state index in [1.165, 1.54) is 5.56 Å². The molecule has 0 heterocycles. The number of rotatable bonds is 7. The lowest BCUT2D eigenvalue weighted by molar-refractivity contribution is 0.183. The van der Waals surface area contributed by atoms with Crippen LogP contribution in [-0.4, -0.2) is 29.7 Å². The zero-order valence-corrected chi connectivity index (χ0v) is 10.3. The second-order valence-electron chi connectivity index (χ2n) is 3.99. The van der Waals surface area contributed by atoms with Gasteiger partial charge in [0.1, 0.15) is 0 Å². The first kappa shape index (κ1) is 13.7. The third-order valence-corrected chi connectivity index (χ3v) is 2.92. The molecule has 3 nitrogen and oxygen atoms in total. The summed E-state index contributed by atoms with van der Waals surface area (Å²) in [5, 5.41) is 17.8. The molecule has 1 rings (SSSR count). The van der Waals surface area contributed by atoms with Gasteiger partial charge in [-0.25, -0.2) is 0 Å². The van der Waals surface area contributed by atoms with Crippen LogP contribution in [0.3, 0.4) is 0 Å². The van der Waals surface area contributed by atoms with Gasteiger partial charge >= 0.3 is 0 Å². The van der Waals surface area contributed by atoms with Crippen LogP contribution in [0.5, 0.6) is 0 Å². The van der Waals surface area contributed by atoms with Crippen molar-refractivity contribution >= 4 is 0 Å². The highest BCUT2D eigenvalue weighted by atomic mass is 16.3. The Morgan fingerprint density at radius 1 is 1.35 bits per heavy atom. The van der Waals surface area contributed by atoms with Crippen LogP contribution in [0, 0.1) is 11.3 Å². The van der Waals surface area contributed by atoms with E-state index in [9.17, 15) is 0 Å². The van der Waals surface area contributed by atoms with Gasteiger partial charge in [0, 0.05) is 19.2 Å². The highest BCUT2D eigenvalue weighted by Gasteiger charge is 2.17. The van der Waals surface area contributed by atoms with Gasteiger partial charge in [-0.3, -0.25) is 4.90 Å². The van der Waals surface area contributed by atoms with Gasteiger partial charge in [-0.05, 0) is 18.5 Å². The maximum atomic E-state index is 8.94. The molecule has 0 saturated carbocycles. The fourth-order valence-electron chi connectivity index (χ4n) is 2.03. The van der Waals surface area contributed by atoms with Gasteiger partial charge in [-0.1, -0.05) is 37.3 Å². The Hall–Kier alpha value is -1.37. The highest BCUT2D eigenvalue weighted by molar-refractivity contribution is 5.20. The summed E-state index contributed by atoms with van der Waals surface area (Å²) in [5.74, 6) is 0. The maximum Gasteiger partial charge on any atom is 0.0641 e. The predicted octanol–water partition coefficient (Wildman–Crippen LogP) is 2.35. The first-order chi connectivity index (χ1) is 8.33. The van der Waals surface area contributed by atoms with Crippen molar-refractivity contribution in [2.45, 2.75) is 25.8 Å². The molecule has 1 aromatic rings. The summed E-state index contributed by atoms with van der Waals surface area (Å²) in [6.07, 6.45) is 1.24. The molecule has 1 aromatic carbocycles. The molecule has 0 aliphatic rings. The molecule has 1 unspecified atom stereocenters. The molecule has 92 valence electrons. The van der Waals surface area contributed by atoms with Crippen LogP contribution in [0.1, 0.15) is 31.4 Å². The van der Waals surface area contributed by atoms with Crippen LogP contribution in [0.15, 0.2) is 30.3 Å². The lowest BCUT2D eigenvalue weighted by atomic mass is 10.0. The van der Waals surface area contributed by atoms with Gasteiger partial charge in [0.05, 0.1) is 12.5 Å². The summed E-state index contributed by atoms with van der Waals surface area (Å²) in [6.45, 7) is 4.00. The Kier molecular flexibility index (Phi) is 6.31. The summed E-state index contributed by atoms with van der Waals surface area (Å²) in [4.78, 5) is 2.24.